The number of hydrogen-bond acceptors (Lipinski definition) is 4. The van der Waals surface area contributed by atoms with Crippen LogP contribution in [0.1, 0.15) is 5.82 Å². The third-order valence-corrected chi connectivity index (χ3v) is 3.80. The average Bonchev–Trinajstić information content (AvgIpc) is 2.96. The maximum atomic E-state index is 13.5. The van der Waals surface area contributed by atoms with E-state index in [2.05, 4.69) is 10.1 Å². The Kier molecular flexibility index (Phi) is 3.96. The minimum atomic E-state index is -0.325. The lowest BCUT2D eigenvalue weighted by Crippen LogP contribution is -1.86. The van der Waals surface area contributed by atoms with E-state index in [1.165, 1.54) is 30.0 Å². The number of aromatic nitrogens is 2. The quantitative estimate of drug-likeness (QED) is 0.673. The Bertz CT molecular complexity index is 743. The minimum absolute atomic E-state index is 0.273. The Labute approximate surface area is 124 Å². The molecule has 1 aromatic heterocycles. The largest absolute Gasteiger partial charge is 0.334 e. The summed E-state index contributed by atoms with van der Waals surface area (Å²) in [7, 11) is 0. The monoisotopic (exact) mass is 304 g/mol. The molecule has 6 heteroatoms. The van der Waals surface area contributed by atoms with Crippen LogP contribution < -0.4 is 0 Å². The summed E-state index contributed by atoms with van der Waals surface area (Å²) >= 11 is 1.29. The van der Waals surface area contributed by atoms with E-state index >= 15 is 0 Å². The third-order valence-electron chi connectivity index (χ3n) is 2.75. The molecule has 0 unspecified atom stereocenters. The fraction of sp³-hybridized carbons (Fsp3) is 0.0667. The Morgan fingerprint density at radius 2 is 1.76 bits per heavy atom. The molecule has 0 aliphatic carbocycles. The van der Waals surface area contributed by atoms with Crippen molar-refractivity contribution in [3.63, 3.8) is 0 Å². The number of hydrogen-bond donors (Lipinski definition) is 0. The molecule has 0 aliphatic rings. The molecule has 0 saturated heterocycles. The summed E-state index contributed by atoms with van der Waals surface area (Å²) in [6.07, 6.45) is 0. The lowest BCUT2D eigenvalue weighted by atomic mass is 10.2. The molecule has 0 fully saturated rings. The van der Waals surface area contributed by atoms with Crippen molar-refractivity contribution in [2.24, 2.45) is 0 Å². The van der Waals surface area contributed by atoms with Gasteiger partial charge in [-0.1, -0.05) is 17.3 Å². The first-order valence-electron chi connectivity index (χ1n) is 6.18. The van der Waals surface area contributed by atoms with Crippen molar-refractivity contribution in [3.8, 4) is 11.5 Å². The summed E-state index contributed by atoms with van der Waals surface area (Å²) in [5, 5.41) is 3.84. The third kappa shape index (κ3) is 3.28. The van der Waals surface area contributed by atoms with E-state index in [0.717, 1.165) is 0 Å². The van der Waals surface area contributed by atoms with Gasteiger partial charge in [0.2, 0.25) is 0 Å². The standard InChI is InChI=1S/C15H10F2N2OS/c16-11-7-5-10(6-8-11)15-18-14(19-20-15)9-21-13-4-2-1-3-12(13)17/h1-8H,9H2. The van der Waals surface area contributed by atoms with Gasteiger partial charge in [-0.15, -0.1) is 11.8 Å². The van der Waals surface area contributed by atoms with Crippen LogP contribution in [0.4, 0.5) is 8.78 Å². The van der Waals surface area contributed by atoms with Crippen LogP contribution in [-0.2, 0) is 5.75 Å². The maximum Gasteiger partial charge on any atom is 0.257 e. The SMILES string of the molecule is Fc1ccc(-c2nc(CSc3ccccc3F)no2)cc1. The van der Waals surface area contributed by atoms with Gasteiger partial charge >= 0.3 is 0 Å². The van der Waals surface area contributed by atoms with E-state index in [1.807, 2.05) is 0 Å². The second-order valence-corrected chi connectivity index (χ2v) is 5.26. The van der Waals surface area contributed by atoms with Crippen molar-refractivity contribution in [2.45, 2.75) is 10.6 Å². The van der Waals surface area contributed by atoms with Gasteiger partial charge in [-0.3, -0.25) is 0 Å². The molecule has 3 aromatic rings. The van der Waals surface area contributed by atoms with Crippen LogP contribution in [-0.4, -0.2) is 10.1 Å². The molecule has 0 spiro atoms. The van der Waals surface area contributed by atoms with Crippen molar-refractivity contribution in [1.82, 2.24) is 10.1 Å². The van der Waals surface area contributed by atoms with E-state index in [1.54, 1.807) is 30.3 Å². The van der Waals surface area contributed by atoms with Crippen molar-refractivity contribution in [3.05, 3.63) is 66.0 Å². The fourth-order valence-corrected chi connectivity index (χ4v) is 2.51. The van der Waals surface area contributed by atoms with E-state index in [0.29, 0.717) is 27.9 Å². The normalized spacial score (nSPS) is 10.8. The summed E-state index contributed by atoms with van der Waals surface area (Å²) in [6, 6.07) is 12.3. The molecule has 3 rings (SSSR count). The number of benzene rings is 2. The number of thioether (sulfide) groups is 1. The molecule has 21 heavy (non-hydrogen) atoms. The summed E-state index contributed by atoms with van der Waals surface area (Å²) < 4.78 is 31.4. The summed E-state index contributed by atoms with van der Waals surface area (Å²) in [6.45, 7) is 0. The van der Waals surface area contributed by atoms with Crippen LogP contribution in [0.3, 0.4) is 0 Å². The first-order valence-corrected chi connectivity index (χ1v) is 7.17. The topological polar surface area (TPSA) is 38.9 Å². The molecule has 2 aromatic carbocycles. The molecule has 0 amide bonds. The Balaban J connectivity index is 1.71. The average molecular weight is 304 g/mol. The molecule has 3 nitrogen and oxygen atoms in total. The van der Waals surface area contributed by atoms with Gasteiger partial charge in [0.05, 0.1) is 5.75 Å². The van der Waals surface area contributed by atoms with Crippen molar-refractivity contribution < 1.29 is 13.3 Å². The molecule has 0 bridgehead atoms. The zero-order chi connectivity index (χ0) is 14.7. The van der Waals surface area contributed by atoms with Crippen LogP contribution in [0.15, 0.2) is 57.9 Å². The van der Waals surface area contributed by atoms with Crippen molar-refractivity contribution in [1.29, 1.82) is 0 Å². The van der Waals surface area contributed by atoms with Crippen LogP contribution in [0, 0.1) is 11.6 Å². The van der Waals surface area contributed by atoms with Gasteiger partial charge in [0.1, 0.15) is 11.6 Å². The van der Waals surface area contributed by atoms with Gasteiger partial charge in [0.15, 0.2) is 5.82 Å². The van der Waals surface area contributed by atoms with Gasteiger partial charge in [0.25, 0.3) is 5.89 Å². The minimum Gasteiger partial charge on any atom is -0.334 e. The maximum absolute atomic E-state index is 13.5. The molecular weight excluding hydrogens is 294 g/mol. The summed E-state index contributed by atoms with van der Waals surface area (Å²) in [5.74, 6) is 0.575. The smallest absolute Gasteiger partial charge is 0.257 e. The highest BCUT2D eigenvalue weighted by Crippen LogP contribution is 2.25. The number of nitrogens with zero attached hydrogens (tertiary/aromatic N) is 2. The van der Waals surface area contributed by atoms with Gasteiger partial charge in [0, 0.05) is 10.5 Å². The second-order valence-electron chi connectivity index (χ2n) is 4.24. The fourth-order valence-electron chi connectivity index (χ4n) is 1.73. The predicted molar refractivity (Wildman–Crippen MR) is 75.7 cm³/mol. The highest BCUT2D eigenvalue weighted by Gasteiger charge is 2.10. The molecule has 0 radical (unpaired) electrons. The van der Waals surface area contributed by atoms with Gasteiger partial charge < -0.3 is 4.52 Å². The van der Waals surface area contributed by atoms with E-state index in [4.69, 9.17) is 4.52 Å². The molecule has 0 N–H and O–H groups in total. The Hall–Kier alpha value is -2.21. The van der Waals surface area contributed by atoms with Crippen molar-refractivity contribution >= 4 is 11.8 Å². The highest BCUT2D eigenvalue weighted by atomic mass is 32.2. The van der Waals surface area contributed by atoms with Crippen LogP contribution in [0.5, 0.6) is 0 Å². The van der Waals surface area contributed by atoms with Gasteiger partial charge in [-0.25, -0.2) is 8.78 Å². The lowest BCUT2D eigenvalue weighted by Gasteiger charge is -1.99. The molecule has 0 saturated carbocycles. The van der Waals surface area contributed by atoms with E-state index in [9.17, 15) is 8.78 Å². The number of rotatable bonds is 4. The van der Waals surface area contributed by atoms with Crippen LogP contribution in [0.25, 0.3) is 11.5 Å². The Morgan fingerprint density at radius 1 is 1.00 bits per heavy atom. The van der Waals surface area contributed by atoms with E-state index < -0.39 is 0 Å². The molecular formula is C15H10F2N2OS. The van der Waals surface area contributed by atoms with E-state index in [-0.39, 0.29) is 11.6 Å². The lowest BCUT2D eigenvalue weighted by molar-refractivity contribution is 0.425. The summed E-state index contributed by atoms with van der Waals surface area (Å²) in [5.41, 5.74) is 0.644. The summed E-state index contributed by atoms with van der Waals surface area (Å²) in [4.78, 5) is 4.74. The Morgan fingerprint density at radius 3 is 2.52 bits per heavy atom. The second kappa shape index (κ2) is 6.05. The predicted octanol–water partition coefficient (Wildman–Crippen LogP) is 4.31. The van der Waals surface area contributed by atoms with Gasteiger partial charge in [-0.05, 0) is 36.4 Å². The molecule has 106 valence electrons. The zero-order valence-corrected chi connectivity index (χ0v) is 11.6. The molecule has 0 aliphatic heterocycles. The van der Waals surface area contributed by atoms with Crippen LogP contribution in [0.2, 0.25) is 0 Å². The molecule has 0 atom stereocenters. The van der Waals surface area contributed by atoms with Gasteiger partial charge in [-0.2, -0.15) is 4.98 Å². The number of halogens is 2. The van der Waals surface area contributed by atoms with Crippen molar-refractivity contribution in [2.75, 3.05) is 0 Å². The zero-order valence-electron chi connectivity index (χ0n) is 10.8. The van der Waals surface area contributed by atoms with Crippen LogP contribution >= 0.6 is 11.8 Å². The highest BCUT2D eigenvalue weighted by molar-refractivity contribution is 7.98. The first-order chi connectivity index (χ1) is 10.2. The molecule has 1 heterocycles. The first kappa shape index (κ1) is 13.8.